The summed E-state index contributed by atoms with van der Waals surface area (Å²) < 4.78 is 26.7. The smallest absolute Gasteiger partial charge is 0.463 e. The van der Waals surface area contributed by atoms with Gasteiger partial charge in [0.2, 0.25) is 5.91 Å². The van der Waals surface area contributed by atoms with E-state index >= 15 is 0 Å². The van der Waals surface area contributed by atoms with E-state index < -0.39 is 26.5 Å². The SMILES string of the molecule is CCCCC/C=C\C/C=C\CCCCCCCCCC(=O)NCCOP(=O)(O)OCC(O)COC(=O)CCCCCCCCCCCC. The second-order valence-electron chi connectivity index (χ2n) is 12.9. The fourth-order valence-corrected chi connectivity index (χ4v) is 5.93. The molecule has 0 rings (SSSR count). The van der Waals surface area contributed by atoms with Gasteiger partial charge in [-0.2, -0.15) is 0 Å². The summed E-state index contributed by atoms with van der Waals surface area (Å²) in [6, 6.07) is 0. The van der Waals surface area contributed by atoms with Crippen molar-refractivity contribution in [1.82, 2.24) is 5.32 Å². The molecule has 1 amide bonds. The minimum absolute atomic E-state index is 0.0789. The number of rotatable bonds is 36. The predicted octanol–water partition coefficient (Wildman–Crippen LogP) is 10.0. The molecule has 0 aromatic rings. The molecule has 0 spiro atoms. The second kappa shape index (κ2) is 35.3. The summed E-state index contributed by atoms with van der Waals surface area (Å²) in [4.78, 5) is 33.7. The molecule has 0 aliphatic carbocycles. The number of ether oxygens (including phenoxy) is 1. The van der Waals surface area contributed by atoms with Crippen LogP contribution in [0.4, 0.5) is 0 Å². The summed E-state index contributed by atoms with van der Waals surface area (Å²) in [5, 5.41) is 12.6. The molecular formula is C38H72NO8P. The van der Waals surface area contributed by atoms with Crippen molar-refractivity contribution >= 4 is 19.7 Å². The molecule has 282 valence electrons. The van der Waals surface area contributed by atoms with Crippen LogP contribution in [0.3, 0.4) is 0 Å². The highest BCUT2D eigenvalue weighted by molar-refractivity contribution is 7.47. The Hall–Kier alpha value is -1.51. The highest BCUT2D eigenvalue weighted by Crippen LogP contribution is 2.42. The lowest BCUT2D eigenvalue weighted by molar-refractivity contribution is -0.147. The molecular weight excluding hydrogens is 629 g/mol. The van der Waals surface area contributed by atoms with E-state index in [1.54, 1.807) is 0 Å². The van der Waals surface area contributed by atoms with Gasteiger partial charge in [0, 0.05) is 19.4 Å². The molecule has 2 unspecified atom stereocenters. The fraction of sp³-hybridized carbons (Fsp3) is 0.842. The number of nitrogens with one attached hydrogen (secondary N) is 1. The third-order valence-electron chi connectivity index (χ3n) is 8.13. The number of phosphoric acid groups is 1. The van der Waals surface area contributed by atoms with Gasteiger partial charge in [-0.3, -0.25) is 18.6 Å². The number of carbonyl (C=O) groups is 2. The Bertz CT molecular complexity index is 851. The van der Waals surface area contributed by atoms with Crippen molar-refractivity contribution in [3.63, 3.8) is 0 Å². The number of esters is 1. The lowest BCUT2D eigenvalue weighted by Crippen LogP contribution is -2.27. The van der Waals surface area contributed by atoms with Gasteiger partial charge >= 0.3 is 13.8 Å². The predicted molar refractivity (Wildman–Crippen MR) is 197 cm³/mol. The molecule has 48 heavy (non-hydrogen) atoms. The van der Waals surface area contributed by atoms with Crippen LogP contribution in [0.15, 0.2) is 24.3 Å². The van der Waals surface area contributed by atoms with Crippen molar-refractivity contribution in [1.29, 1.82) is 0 Å². The first kappa shape index (κ1) is 46.5. The van der Waals surface area contributed by atoms with Gasteiger partial charge in [-0.1, -0.05) is 141 Å². The Morgan fingerprint density at radius 2 is 1.12 bits per heavy atom. The average molecular weight is 702 g/mol. The number of unbranched alkanes of at least 4 members (excludes halogenated alkanes) is 19. The largest absolute Gasteiger partial charge is 0.472 e. The number of phosphoric ester groups is 1. The van der Waals surface area contributed by atoms with Crippen molar-refractivity contribution in [2.24, 2.45) is 0 Å². The van der Waals surface area contributed by atoms with Crippen molar-refractivity contribution in [3.8, 4) is 0 Å². The first-order valence-electron chi connectivity index (χ1n) is 19.3. The molecule has 2 atom stereocenters. The van der Waals surface area contributed by atoms with E-state index in [1.807, 2.05) is 0 Å². The van der Waals surface area contributed by atoms with Gasteiger partial charge in [-0.15, -0.1) is 0 Å². The van der Waals surface area contributed by atoms with Crippen LogP contribution in [0.25, 0.3) is 0 Å². The van der Waals surface area contributed by atoms with Gasteiger partial charge in [0.25, 0.3) is 0 Å². The van der Waals surface area contributed by atoms with Crippen molar-refractivity contribution < 1.29 is 37.9 Å². The number of amides is 1. The van der Waals surface area contributed by atoms with Crippen LogP contribution >= 0.6 is 7.82 Å². The second-order valence-corrected chi connectivity index (χ2v) is 14.4. The molecule has 9 nitrogen and oxygen atoms in total. The van der Waals surface area contributed by atoms with Gasteiger partial charge in [0.1, 0.15) is 12.7 Å². The zero-order valence-corrected chi connectivity index (χ0v) is 31.6. The summed E-state index contributed by atoms with van der Waals surface area (Å²) in [7, 11) is -4.41. The summed E-state index contributed by atoms with van der Waals surface area (Å²) >= 11 is 0. The molecule has 0 bridgehead atoms. The van der Waals surface area contributed by atoms with E-state index in [-0.39, 0.29) is 32.1 Å². The van der Waals surface area contributed by atoms with Gasteiger partial charge in [0.05, 0.1) is 13.2 Å². The van der Waals surface area contributed by atoms with Crippen LogP contribution in [-0.4, -0.2) is 54.3 Å². The first-order valence-corrected chi connectivity index (χ1v) is 20.8. The minimum atomic E-state index is -4.41. The zero-order chi connectivity index (χ0) is 35.4. The van der Waals surface area contributed by atoms with Gasteiger partial charge < -0.3 is 20.1 Å². The van der Waals surface area contributed by atoms with E-state index in [4.69, 9.17) is 13.8 Å². The standard InChI is InChI=1S/C38H72NO8P/c1-3-5-7-9-11-13-15-16-17-18-19-20-21-22-24-26-28-30-37(41)39-32-33-46-48(43,44)47-35-36(40)34-45-38(42)31-29-27-25-23-14-12-10-8-6-4-2/h11,13,16-17,36,40H,3-10,12,14-15,18-35H2,1-2H3,(H,39,41)(H,43,44)/b13-11-,17-16-. The zero-order valence-electron chi connectivity index (χ0n) is 30.7. The lowest BCUT2D eigenvalue weighted by Gasteiger charge is -2.15. The maximum absolute atomic E-state index is 12.0. The molecule has 0 aliphatic heterocycles. The van der Waals surface area contributed by atoms with E-state index in [0.29, 0.717) is 6.42 Å². The Balaban J connectivity index is 3.62. The van der Waals surface area contributed by atoms with Crippen molar-refractivity contribution in [3.05, 3.63) is 24.3 Å². The number of aliphatic hydroxyl groups is 1. The molecule has 0 aromatic heterocycles. The first-order chi connectivity index (χ1) is 23.3. The monoisotopic (exact) mass is 701 g/mol. The van der Waals surface area contributed by atoms with E-state index in [1.165, 1.54) is 96.3 Å². The van der Waals surface area contributed by atoms with Crippen LogP contribution < -0.4 is 5.32 Å². The molecule has 3 N–H and O–H groups in total. The van der Waals surface area contributed by atoms with Gasteiger partial charge in [-0.05, 0) is 44.9 Å². The molecule has 0 aliphatic rings. The Morgan fingerprint density at radius 3 is 1.71 bits per heavy atom. The van der Waals surface area contributed by atoms with Crippen molar-refractivity contribution in [2.75, 3.05) is 26.4 Å². The molecule has 0 saturated carbocycles. The quantitative estimate of drug-likeness (QED) is 0.0255. The Labute approximate surface area is 293 Å². The van der Waals surface area contributed by atoms with Gasteiger partial charge in [0.15, 0.2) is 0 Å². The fourth-order valence-electron chi connectivity index (χ4n) is 5.17. The third kappa shape index (κ3) is 35.8. The number of hydrogen-bond acceptors (Lipinski definition) is 7. The lowest BCUT2D eigenvalue weighted by atomic mass is 10.1. The maximum Gasteiger partial charge on any atom is 0.472 e. The maximum atomic E-state index is 12.0. The van der Waals surface area contributed by atoms with Crippen LogP contribution in [0, 0.1) is 0 Å². The highest BCUT2D eigenvalue weighted by atomic mass is 31.2. The summed E-state index contributed by atoms with van der Waals surface area (Å²) in [5.74, 6) is -0.524. The van der Waals surface area contributed by atoms with Gasteiger partial charge in [-0.25, -0.2) is 4.57 Å². The molecule has 0 heterocycles. The number of hydrogen-bond donors (Lipinski definition) is 3. The van der Waals surface area contributed by atoms with E-state index in [0.717, 1.165) is 51.4 Å². The summed E-state index contributed by atoms with van der Waals surface area (Å²) in [6.45, 7) is 3.50. The summed E-state index contributed by atoms with van der Waals surface area (Å²) in [6.07, 6.45) is 35.3. The molecule has 0 radical (unpaired) electrons. The molecule has 0 saturated heterocycles. The van der Waals surface area contributed by atoms with E-state index in [9.17, 15) is 24.2 Å². The number of allylic oxidation sites excluding steroid dienone is 4. The van der Waals surface area contributed by atoms with Crippen LogP contribution in [0.2, 0.25) is 0 Å². The van der Waals surface area contributed by atoms with Crippen LogP contribution in [-0.2, 0) is 27.9 Å². The normalized spacial score (nSPS) is 13.7. The number of aliphatic hydroxyl groups excluding tert-OH is 1. The topological polar surface area (TPSA) is 131 Å². The van der Waals surface area contributed by atoms with Crippen molar-refractivity contribution in [2.45, 2.75) is 180 Å². The van der Waals surface area contributed by atoms with Crippen LogP contribution in [0.5, 0.6) is 0 Å². The third-order valence-corrected chi connectivity index (χ3v) is 9.12. The number of carbonyl (C=O) groups excluding carboxylic acids is 2. The molecule has 0 fully saturated rings. The average Bonchev–Trinajstić information content (AvgIpc) is 3.07. The minimum Gasteiger partial charge on any atom is -0.463 e. The summed E-state index contributed by atoms with van der Waals surface area (Å²) in [5.41, 5.74) is 0. The van der Waals surface area contributed by atoms with Crippen LogP contribution in [0.1, 0.15) is 174 Å². The highest BCUT2D eigenvalue weighted by Gasteiger charge is 2.23. The molecule has 10 heteroatoms. The Kier molecular flexibility index (Phi) is 34.2. The molecule has 0 aromatic carbocycles. The van der Waals surface area contributed by atoms with E-state index in [2.05, 4.69) is 43.5 Å². The Morgan fingerprint density at radius 1 is 0.646 bits per heavy atom.